The summed E-state index contributed by atoms with van der Waals surface area (Å²) < 4.78 is 0. The van der Waals surface area contributed by atoms with Crippen LogP contribution in [0.25, 0.3) is 16.3 Å². The van der Waals surface area contributed by atoms with Gasteiger partial charge in [0.2, 0.25) is 5.91 Å². The second-order valence-electron chi connectivity index (χ2n) is 11.0. The molecule has 1 amide bonds. The molecule has 1 aliphatic carbocycles. The normalized spacial score (nSPS) is 18.0. The van der Waals surface area contributed by atoms with Crippen molar-refractivity contribution in [3.05, 3.63) is 137 Å². The second kappa shape index (κ2) is 10.5. The van der Waals surface area contributed by atoms with E-state index < -0.39 is 17.5 Å². The summed E-state index contributed by atoms with van der Waals surface area (Å²) in [4.78, 5) is 31.1. The number of carbonyl (C=O) groups is 2. The Hall–Kier alpha value is -4.97. The highest BCUT2D eigenvalue weighted by Gasteiger charge is 2.47. The van der Waals surface area contributed by atoms with Gasteiger partial charge < -0.3 is 15.3 Å². The number of amides is 1. The first kappa shape index (κ1) is 26.3. The molecule has 6 rings (SSSR count). The molecule has 2 N–H and O–H groups in total. The molecule has 0 spiro atoms. The van der Waals surface area contributed by atoms with Crippen molar-refractivity contribution in [3.8, 4) is 0 Å². The highest BCUT2D eigenvalue weighted by atomic mass is 16.6. The van der Waals surface area contributed by atoms with Gasteiger partial charge in [0.25, 0.3) is 0 Å². The number of fused-ring (bicyclic) bond motifs is 2. The Labute approximate surface area is 238 Å². The maximum atomic E-state index is 13.8. The monoisotopic (exact) mass is 542 g/mol. The molecule has 0 saturated carbocycles. The van der Waals surface area contributed by atoms with Gasteiger partial charge in [0.1, 0.15) is 0 Å². The summed E-state index contributed by atoms with van der Waals surface area (Å²) in [7, 11) is 0. The van der Waals surface area contributed by atoms with Gasteiger partial charge in [-0.25, -0.2) is 4.79 Å². The number of benzene rings is 4. The van der Waals surface area contributed by atoms with Gasteiger partial charge in [-0.1, -0.05) is 104 Å². The van der Waals surface area contributed by atoms with Crippen molar-refractivity contribution < 1.29 is 19.5 Å². The van der Waals surface area contributed by atoms with Gasteiger partial charge in [-0.2, -0.15) is 0 Å². The third-order valence-electron chi connectivity index (χ3n) is 8.02. The van der Waals surface area contributed by atoms with Crippen LogP contribution in [0.15, 0.2) is 120 Å². The van der Waals surface area contributed by atoms with Crippen LogP contribution in [0.1, 0.15) is 40.9 Å². The molecule has 6 heteroatoms. The summed E-state index contributed by atoms with van der Waals surface area (Å²) >= 11 is 0. The number of carbonyl (C=O) groups excluding carboxylic acids is 1. The summed E-state index contributed by atoms with van der Waals surface area (Å²) in [6.45, 7) is 4.51. The molecule has 1 heterocycles. The molecule has 4 aromatic carbocycles. The third-order valence-corrected chi connectivity index (χ3v) is 8.02. The summed E-state index contributed by atoms with van der Waals surface area (Å²) in [5, 5.41) is 19.2. The lowest BCUT2D eigenvalue weighted by molar-refractivity contribution is -0.118. The van der Waals surface area contributed by atoms with Crippen molar-refractivity contribution in [1.29, 1.82) is 0 Å². The van der Waals surface area contributed by atoms with E-state index in [0.29, 0.717) is 5.57 Å². The van der Waals surface area contributed by atoms with Crippen molar-refractivity contribution in [2.75, 3.05) is 0 Å². The fourth-order valence-corrected chi connectivity index (χ4v) is 5.62. The molecular weight excluding hydrogens is 512 g/mol. The predicted molar refractivity (Wildman–Crippen MR) is 161 cm³/mol. The lowest BCUT2D eigenvalue weighted by Crippen LogP contribution is -2.42. The Morgan fingerprint density at radius 3 is 2.34 bits per heavy atom. The molecule has 0 fully saturated rings. The van der Waals surface area contributed by atoms with Crippen LogP contribution in [0.2, 0.25) is 0 Å². The number of hydrogen-bond acceptors (Lipinski definition) is 4. The van der Waals surface area contributed by atoms with E-state index in [9.17, 15) is 14.7 Å². The molecule has 2 aliphatic rings. The molecule has 4 aromatic rings. The predicted octanol–water partition coefficient (Wildman–Crippen LogP) is 6.53. The van der Waals surface area contributed by atoms with E-state index in [0.717, 1.165) is 33.4 Å². The van der Waals surface area contributed by atoms with Crippen LogP contribution in [-0.4, -0.2) is 28.8 Å². The quantitative estimate of drug-likeness (QED) is 0.278. The van der Waals surface area contributed by atoms with E-state index >= 15 is 0 Å². The topological polar surface area (TPSA) is 88.0 Å². The van der Waals surface area contributed by atoms with E-state index in [1.165, 1.54) is 17.5 Å². The minimum absolute atomic E-state index is 0.204. The highest BCUT2D eigenvalue weighted by molar-refractivity contribution is 6.09. The Morgan fingerprint density at radius 2 is 1.61 bits per heavy atom. The van der Waals surface area contributed by atoms with Gasteiger partial charge in [0.15, 0.2) is 6.10 Å². The van der Waals surface area contributed by atoms with E-state index in [4.69, 9.17) is 4.84 Å². The van der Waals surface area contributed by atoms with Gasteiger partial charge >= 0.3 is 5.97 Å². The Kier molecular flexibility index (Phi) is 6.75. The maximum absolute atomic E-state index is 13.8. The van der Waals surface area contributed by atoms with Crippen LogP contribution >= 0.6 is 0 Å². The van der Waals surface area contributed by atoms with Crippen molar-refractivity contribution >= 4 is 33.9 Å². The average Bonchev–Trinajstić information content (AvgIpc) is 3.45. The third kappa shape index (κ3) is 5.05. The molecule has 0 aromatic heterocycles. The van der Waals surface area contributed by atoms with Crippen LogP contribution in [0.3, 0.4) is 0 Å². The standard InChI is InChI=1S/C35H30N2O4/c1-35(2,28-17-16-24-10-6-7-11-26(24)18-28)32-31-29(33(38)36-21-22-12-14-25(15-13-22)34(39)40)19-27(20-30(31)41-37-32)23-8-4-3-5-9-23/h3-20,30-31H,21H2,1-2H3,(H,36,38)(H,39,40). The number of carboxylic acid groups (broad SMARTS) is 1. The lowest BCUT2D eigenvalue weighted by atomic mass is 9.69. The first-order valence-corrected chi connectivity index (χ1v) is 13.6. The highest BCUT2D eigenvalue weighted by Crippen LogP contribution is 2.42. The maximum Gasteiger partial charge on any atom is 0.335 e. The molecule has 2 atom stereocenters. The van der Waals surface area contributed by atoms with Crippen molar-refractivity contribution in [3.63, 3.8) is 0 Å². The first-order chi connectivity index (χ1) is 19.8. The van der Waals surface area contributed by atoms with Crippen LogP contribution in [0.5, 0.6) is 0 Å². The summed E-state index contributed by atoms with van der Waals surface area (Å²) in [5.74, 6) is -1.56. The zero-order valence-corrected chi connectivity index (χ0v) is 22.9. The minimum atomic E-state index is -0.985. The molecule has 41 heavy (non-hydrogen) atoms. The Balaban J connectivity index is 1.33. The molecule has 0 radical (unpaired) electrons. The average molecular weight is 543 g/mol. The molecule has 204 valence electrons. The van der Waals surface area contributed by atoms with Gasteiger partial charge in [0, 0.05) is 17.5 Å². The Morgan fingerprint density at radius 1 is 0.902 bits per heavy atom. The van der Waals surface area contributed by atoms with E-state index in [-0.39, 0.29) is 23.9 Å². The molecule has 0 bridgehead atoms. The molecular formula is C35H30N2O4. The zero-order chi connectivity index (χ0) is 28.6. The Bertz CT molecular complexity index is 1730. The number of aromatic carboxylic acids is 1. The van der Waals surface area contributed by atoms with Crippen molar-refractivity contribution in [2.24, 2.45) is 11.1 Å². The van der Waals surface area contributed by atoms with Crippen molar-refractivity contribution in [1.82, 2.24) is 5.32 Å². The molecule has 6 nitrogen and oxygen atoms in total. The molecule has 1 aliphatic heterocycles. The van der Waals surface area contributed by atoms with Gasteiger partial charge in [-0.05, 0) is 57.3 Å². The van der Waals surface area contributed by atoms with Gasteiger partial charge in [-0.15, -0.1) is 0 Å². The van der Waals surface area contributed by atoms with Crippen LogP contribution in [0, 0.1) is 5.92 Å². The van der Waals surface area contributed by atoms with Crippen LogP contribution in [0.4, 0.5) is 0 Å². The minimum Gasteiger partial charge on any atom is -0.478 e. The van der Waals surface area contributed by atoms with E-state index in [1.807, 2.05) is 54.6 Å². The fourth-order valence-electron chi connectivity index (χ4n) is 5.62. The van der Waals surface area contributed by atoms with Crippen LogP contribution in [-0.2, 0) is 21.6 Å². The summed E-state index contributed by atoms with van der Waals surface area (Å²) in [6, 6.07) is 31.1. The first-order valence-electron chi connectivity index (χ1n) is 13.6. The molecule has 0 saturated heterocycles. The van der Waals surface area contributed by atoms with E-state index in [1.54, 1.807) is 12.1 Å². The largest absolute Gasteiger partial charge is 0.478 e. The number of allylic oxidation sites excluding steroid dienone is 2. The van der Waals surface area contributed by atoms with Crippen LogP contribution < -0.4 is 5.32 Å². The number of oxime groups is 1. The smallest absolute Gasteiger partial charge is 0.335 e. The number of nitrogens with zero attached hydrogens (tertiary/aromatic N) is 1. The second-order valence-corrected chi connectivity index (χ2v) is 11.0. The fraction of sp³-hybridized carbons (Fsp3) is 0.171. The zero-order valence-electron chi connectivity index (χ0n) is 22.9. The van der Waals surface area contributed by atoms with E-state index in [2.05, 4.69) is 54.7 Å². The number of rotatable bonds is 7. The number of carboxylic acids is 1. The van der Waals surface area contributed by atoms with Crippen molar-refractivity contribution in [2.45, 2.75) is 31.9 Å². The number of nitrogens with one attached hydrogen (secondary N) is 1. The number of hydrogen-bond donors (Lipinski definition) is 2. The lowest BCUT2D eigenvalue weighted by Gasteiger charge is -2.32. The summed E-state index contributed by atoms with van der Waals surface area (Å²) in [6.07, 6.45) is 3.58. The van der Waals surface area contributed by atoms with Gasteiger partial charge in [-0.3, -0.25) is 4.79 Å². The summed E-state index contributed by atoms with van der Waals surface area (Å²) in [5.41, 5.74) is 4.88. The molecule has 2 unspecified atom stereocenters. The van der Waals surface area contributed by atoms with Gasteiger partial charge in [0.05, 0.1) is 17.2 Å². The SMILES string of the molecule is CC(C)(C1=NOC2C=C(c3ccccc3)C=C(C(=O)NCc3ccc(C(=O)O)cc3)C12)c1ccc2ccccc2c1.